The van der Waals surface area contributed by atoms with E-state index in [1.54, 1.807) is 7.11 Å². The summed E-state index contributed by atoms with van der Waals surface area (Å²) in [4.78, 5) is 0. The molecule has 1 fully saturated rings. The van der Waals surface area contributed by atoms with Crippen molar-refractivity contribution in [2.24, 2.45) is 5.73 Å². The second-order valence-corrected chi connectivity index (χ2v) is 4.27. The van der Waals surface area contributed by atoms with Crippen LogP contribution in [0.15, 0.2) is 18.2 Å². The molecule has 0 saturated heterocycles. The van der Waals surface area contributed by atoms with E-state index in [-0.39, 0.29) is 5.41 Å². The van der Waals surface area contributed by atoms with Crippen LogP contribution in [0.5, 0.6) is 5.75 Å². The number of halogens is 1. The SMILES string of the molecule is COc1cc(Cl)ccc1C1(CN)CC1. The van der Waals surface area contributed by atoms with E-state index in [9.17, 15) is 0 Å². The third-order valence-electron chi connectivity index (χ3n) is 2.98. The van der Waals surface area contributed by atoms with Crippen LogP contribution in [0.4, 0.5) is 0 Å². The molecule has 0 spiro atoms. The van der Waals surface area contributed by atoms with E-state index < -0.39 is 0 Å². The Labute approximate surface area is 89.0 Å². The first-order valence-electron chi connectivity index (χ1n) is 4.76. The smallest absolute Gasteiger partial charge is 0.124 e. The number of methoxy groups -OCH3 is 1. The molecule has 2 rings (SSSR count). The van der Waals surface area contributed by atoms with Gasteiger partial charge in [-0.1, -0.05) is 17.7 Å². The second-order valence-electron chi connectivity index (χ2n) is 3.83. The monoisotopic (exact) mass is 211 g/mol. The molecule has 0 aliphatic heterocycles. The van der Waals surface area contributed by atoms with Crippen LogP contribution in [0.1, 0.15) is 18.4 Å². The average Bonchev–Trinajstić information content (AvgIpc) is 2.98. The van der Waals surface area contributed by atoms with E-state index >= 15 is 0 Å². The molecule has 1 saturated carbocycles. The third-order valence-corrected chi connectivity index (χ3v) is 3.21. The summed E-state index contributed by atoms with van der Waals surface area (Å²) in [6.45, 7) is 0.686. The predicted octanol–water partition coefficient (Wildman–Crippen LogP) is 2.34. The number of nitrogens with two attached hydrogens (primary N) is 1. The Bertz CT molecular complexity index is 347. The van der Waals surface area contributed by atoms with Crippen LogP contribution >= 0.6 is 11.6 Å². The van der Waals surface area contributed by atoms with Crippen molar-refractivity contribution >= 4 is 11.6 Å². The number of hydrogen-bond donors (Lipinski definition) is 1. The Morgan fingerprint density at radius 2 is 2.21 bits per heavy atom. The fourth-order valence-electron chi connectivity index (χ4n) is 1.84. The topological polar surface area (TPSA) is 35.2 Å². The minimum Gasteiger partial charge on any atom is -0.496 e. The van der Waals surface area contributed by atoms with E-state index in [1.165, 1.54) is 5.56 Å². The van der Waals surface area contributed by atoms with Crippen LogP contribution in [0.2, 0.25) is 5.02 Å². The van der Waals surface area contributed by atoms with Gasteiger partial charge in [0, 0.05) is 22.5 Å². The fourth-order valence-corrected chi connectivity index (χ4v) is 2.00. The predicted molar refractivity (Wildman–Crippen MR) is 58.0 cm³/mol. The quantitative estimate of drug-likeness (QED) is 0.833. The maximum Gasteiger partial charge on any atom is 0.124 e. The summed E-state index contributed by atoms with van der Waals surface area (Å²) in [5.74, 6) is 0.862. The van der Waals surface area contributed by atoms with Crippen LogP contribution < -0.4 is 10.5 Å². The molecule has 0 unspecified atom stereocenters. The number of hydrogen-bond acceptors (Lipinski definition) is 2. The maximum atomic E-state index is 5.90. The lowest BCUT2D eigenvalue weighted by molar-refractivity contribution is 0.404. The summed E-state index contributed by atoms with van der Waals surface area (Å²) in [5, 5.41) is 0.707. The zero-order chi connectivity index (χ0) is 10.2. The summed E-state index contributed by atoms with van der Waals surface area (Å²) in [7, 11) is 1.67. The minimum absolute atomic E-state index is 0.163. The number of benzene rings is 1. The van der Waals surface area contributed by atoms with Gasteiger partial charge in [0.25, 0.3) is 0 Å². The van der Waals surface area contributed by atoms with E-state index in [2.05, 4.69) is 0 Å². The van der Waals surface area contributed by atoms with Gasteiger partial charge in [0.15, 0.2) is 0 Å². The van der Waals surface area contributed by atoms with Crippen molar-refractivity contribution < 1.29 is 4.74 Å². The van der Waals surface area contributed by atoms with Crippen LogP contribution in [0.3, 0.4) is 0 Å². The summed E-state index contributed by atoms with van der Waals surface area (Å²) in [6.07, 6.45) is 2.31. The van der Waals surface area contributed by atoms with Crippen molar-refractivity contribution in [1.82, 2.24) is 0 Å². The minimum atomic E-state index is 0.163. The maximum absolute atomic E-state index is 5.90. The van der Waals surface area contributed by atoms with Crippen molar-refractivity contribution in [3.05, 3.63) is 28.8 Å². The van der Waals surface area contributed by atoms with E-state index in [4.69, 9.17) is 22.1 Å². The fraction of sp³-hybridized carbons (Fsp3) is 0.455. The lowest BCUT2D eigenvalue weighted by Crippen LogP contribution is -2.20. The van der Waals surface area contributed by atoms with Crippen molar-refractivity contribution in [3.63, 3.8) is 0 Å². The molecule has 0 bridgehead atoms. The molecule has 3 heteroatoms. The Balaban J connectivity index is 2.42. The molecule has 1 aliphatic carbocycles. The standard InChI is InChI=1S/C11H14ClNO/c1-14-10-6-8(12)2-3-9(10)11(7-13)4-5-11/h2-3,6H,4-5,7,13H2,1H3. The van der Waals surface area contributed by atoms with Crippen LogP contribution in [0, 0.1) is 0 Å². The molecular formula is C11H14ClNO. The van der Waals surface area contributed by atoms with Crippen molar-refractivity contribution in [2.45, 2.75) is 18.3 Å². The normalized spacial score (nSPS) is 17.9. The average molecular weight is 212 g/mol. The van der Waals surface area contributed by atoms with Gasteiger partial charge in [0.05, 0.1) is 7.11 Å². The van der Waals surface area contributed by atoms with Gasteiger partial charge in [-0.05, 0) is 25.0 Å². The van der Waals surface area contributed by atoms with E-state index in [0.717, 1.165) is 18.6 Å². The first-order valence-corrected chi connectivity index (χ1v) is 5.14. The molecule has 2 N–H and O–H groups in total. The van der Waals surface area contributed by atoms with Gasteiger partial charge < -0.3 is 10.5 Å². The molecule has 1 aromatic rings. The molecule has 0 atom stereocenters. The zero-order valence-electron chi connectivity index (χ0n) is 8.22. The van der Waals surface area contributed by atoms with Crippen LogP contribution in [-0.2, 0) is 5.41 Å². The third kappa shape index (κ3) is 1.49. The van der Waals surface area contributed by atoms with Gasteiger partial charge in [-0.3, -0.25) is 0 Å². The largest absolute Gasteiger partial charge is 0.496 e. The molecule has 2 nitrogen and oxygen atoms in total. The summed E-state index contributed by atoms with van der Waals surface area (Å²) < 4.78 is 5.31. The van der Waals surface area contributed by atoms with Crippen LogP contribution in [0.25, 0.3) is 0 Å². The molecule has 14 heavy (non-hydrogen) atoms. The van der Waals surface area contributed by atoms with Gasteiger partial charge in [-0.15, -0.1) is 0 Å². The first kappa shape index (κ1) is 9.81. The number of ether oxygens (including phenoxy) is 1. The van der Waals surface area contributed by atoms with Gasteiger partial charge in [-0.2, -0.15) is 0 Å². The second kappa shape index (κ2) is 3.44. The molecule has 76 valence electrons. The summed E-state index contributed by atoms with van der Waals surface area (Å²) in [6, 6.07) is 5.78. The van der Waals surface area contributed by atoms with Crippen molar-refractivity contribution in [3.8, 4) is 5.75 Å². The van der Waals surface area contributed by atoms with Crippen molar-refractivity contribution in [1.29, 1.82) is 0 Å². The molecule has 1 aliphatic rings. The molecule has 0 heterocycles. The summed E-state index contributed by atoms with van der Waals surface area (Å²) >= 11 is 5.90. The zero-order valence-corrected chi connectivity index (χ0v) is 8.97. The van der Waals surface area contributed by atoms with Gasteiger partial charge >= 0.3 is 0 Å². The molecule has 0 radical (unpaired) electrons. The Morgan fingerprint density at radius 3 is 2.71 bits per heavy atom. The van der Waals surface area contributed by atoms with Crippen LogP contribution in [-0.4, -0.2) is 13.7 Å². The van der Waals surface area contributed by atoms with E-state index in [0.29, 0.717) is 11.6 Å². The highest BCUT2D eigenvalue weighted by molar-refractivity contribution is 6.30. The Kier molecular flexibility index (Phi) is 2.41. The lowest BCUT2D eigenvalue weighted by Gasteiger charge is -2.16. The highest BCUT2D eigenvalue weighted by Crippen LogP contribution is 2.50. The lowest BCUT2D eigenvalue weighted by atomic mass is 9.95. The van der Waals surface area contributed by atoms with Gasteiger partial charge in [0.2, 0.25) is 0 Å². The molecule has 0 aromatic heterocycles. The highest BCUT2D eigenvalue weighted by Gasteiger charge is 2.44. The number of rotatable bonds is 3. The highest BCUT2D eigenvalue weighted by atomic mass is 35.5. The van der Waals surface area contributed by atoms with Gasteiger partial charge in [0.1, 0.15) is 5.75 Å². The van der Waals surface area contributed by atoms with Crippen molar-refractivity contribution in [2.75, 3.05) is 13.7 Å². The first-order chi connectivity index (χ1) is 6.72. The molecule has 1 aromatic carbocycles. The molecular weight excluding hydrogens is 198 g/mol. The van der Waals surface area contributed by atoms with Gasteiger partial charge in [-0.25, -0.2) is 0 Å². The molecule has 0 amide bonds. The summed E-state index contributed by atoms with van der Waals surface area (Å²) in [5.41, 5.74) is 7.14. The Hall–Kier alpha value is -0.730. The van der Waals surface area contributed by atoms with E-state index in [1.807, 2.05) is 18.2 Å². The Morgan fingerprint density at radius 1 is 1.50 bits per heavy atom.